The molecule has 2 aliphatic heterocycles. The summed E-state index contributed by atoms with van der Waals surface area (Å²) in [5.41, 5.74) is 0. The van der Waals surface area contributed by atoms with Gasteiger partial charge in [0.15, 0.2) is 0 Å². The Bertz CT molecular complexity index is 449. The van der Waals surface area contributed by atoms with Crippen LogP contribution in [-0.4, -0.2) is 43.1 Å². The molecule has 3 rings (SSSR count). The van der Waals surface area contributed by atoms with E-state index in [0.29, 0.717) is 5.91 Å². The number of carbonyl (C=O) groups is 1. The number of piperidine rings is 2. The molecule has 21 heavy (non-hydrogen) atoms. The van der Waals surface area contributed by atoms with Crippen LogP contribution in [-0.2, 0) is 4.79 Å². The maximum Gasteiger partial charge on any atom is 0.226 e. The van der Waals surface area contributed by atoms with Crippen molar-refractivity contribution in [1.29, 1.82) is 0 Å². The first-order chi connectivity index (χ1) is 10.3. The van der Waals surface area contributed by atoms with Gasteiger partial charge in [-0.15, -0.1) is 0 Å². The highest BCUT2D eigenvalue weighted by Crippen LogP contribution is 2.21. The predicted molar refractivity (Wildman–Crippen MR) is 82.3 cm³/mol. The molecule has 4 nitrogen and oxygen atoms in total. The number of nitrogens with one attached hydrogen (secondary N) is 1. The third-order valence-corrected chi connectivity index (χ3v) is 4.45. The Labute approximate surface area is 126 Å². The molecule has 2 aliphatic rings. The molecule has 1 amide bonds. The lowest BCUT2D eigenvalue weighted by Gasteiger charge is -2.35. The van der Waals surface area contributed by atoms with E-state index < -0.39 is 0 Å². The van der Waals surface area contributed by atoms with Gasteiger partial charge in [-0.05, 0) is 31.5 Å². The van der Waals surface area contributed by atoms with Gasteiger partial charge in [-0.3, -0.25) is 4.79 Å². The van der Waals surface area contributed by atoms with Gasteiger partial charge in [-0.25, -0.2) is 0 Å². The van der Waals surface area contributed by atoms with Crippen LogP contribution in [0.5, 0.6) is 5.75 Å². The van der Waals surface area contributed by atoms with Gasteiger partial charge in [0.25, 0.3) is 0 Å². The van der Waals surface area contributed by atoms with Crippen molar-refractivity contribution in [2.24, 2.45) is 5.92 Å². The van der Waals surface area contributed by atoms with Crippen molar-refractivity contribution < 1.29 is 9.53 Å². The molecular weight excluding hydrogens is 264 g/mol. The zero-order valence-electron chi connectivity index (χ0n) is 12.5. The van der Waals surface area contributed by atoms with E-state index in [2.05, 4.69) is 5.32 Å². The number of benzene rings is 1. The van der Waals surface area contributed by atoms with E-state index in [9.17, 15) is 4.79 Å². The van der Waals surface area contributed by atoms with Gasteiger partial charge in [0.05, 0.1) is 5.92 Å². The number of hydrogen-bond acceptors (Lipinski definition) is 3. The van der Waals surface area contributed by atoms with Gasteiger partial charge in [0.1, 0.15) is 11.9 Å². The molecule has 0 radical (unpaired) electrons. The largest absolute Gasteiger partial charge is 0.490 e. The highest BCUT2D eigenvalue weighted by molar-refractivity contribution is 5.79. The first-order valence-electron chi connectivity index (χ1n) is 8.04. The summed E-state index contributed by atoms with van der Waals surface area (Å²) in [6.45, 7) is 3.55. The number of rotatable bonds is 3. The molecule has 0 saturated carbocycles. The Morgan fingerprint density at radius 2 is 1.90 bits per heavy atom. The highest BCUT2D eigenvalue weighted by atomic mass is 16.5. The van der Waals surface area contributed by atoms with Crippen molar-refractivity contribution in [3.63, 3.8) is 0 Å². The summed E-state index contributed by atoms with van der Waals surface area (Å²) in [7, 11) is 0. The van der Waals surface area contributed by atoms with Crippen LogP contribution >= 0.6 is 0 Å². The van der Waals surface area contributed by atoms with E-state index >= 15 is 0 Å². The molecule has 2 saturated heterocycles. The summed E-state index contributed by atoms with van der Waals surface area (Å²) in [6, 6.07) is 9.96. The second-order valence-corrected chi connectivity index (χ2v) is 6.00. The first-order valence-corrected chi connectivity index (χ1v) is 8.04. The van der Waals surface area contributed by atoms with Crippen LogP contribution in [0.4, 0.5) is 0 Å². The minimum absolute atomic E-state index is 0.186. The SMILES string of the molecule is O=C(C1CCCNC1)N1CCC(Oc2ccccc2)CC1. The molecule has 4 heteroatoms. The molecule has 2 fully saturated rings. The number of ether oxygens (including phenoxy) is 1. The van der Waals surface area contributed by atoms with Gasteiger partial charge < -0.3 is 15.0 Å². The standard InChI is InChI=1S/C17H24N2O2/c20-17(14-5-4-10-18-13-14)19-11-8-16(9-12-19)21-15-6-2-1-3-7-15/h1-3,6-7,14,16,18H,4-5,8-13H2. The van der Waals surface area contributed by atoms with Gasteiger partial charge in [-0.1, -0.05) is 18.2 Å². The van der Waals surface area contributed by atoms with Crippen LogP contribution in [0.1, 0.15) is 25.7 Å². The van der Waals surface area contributed by atoms with Gasteiger partial charge in [0, 0.05) is 32.5 Å². The summed E-state index contributed by atoms with van der Waals surface area (Å²) in [4.78, 5) is 14.5. The lowest BCUT2D eigenvalue weighted by molar-refractivity contribution is -0.137. The second kappa shape index (κ2) is 6.94. The Hall–Kier alpha value is -1.55. The number of amides is 1. The molecule has 1 N–H and O–H groups in total. The van der Waals surface area contributed by atoms with E-state index in [1.165, 1.54) is 0 Å². The van der Waals surface area contributed by atoms with Gasteiger partial charge in [0.2, 0.25) is 5.91 Å². The van der Waals surface area contributed by atoms with Gasteiger partial charge in [-0.2, -0.15) is 0 Å². The van der Waals surface area contributed by atoms with E-state index in [1.54, 1.807) is 0 Å². The van der Waals surface area contributed by atoms with E-state index in [1.807, 2.05) is 35.2 Å². The topological polar surface area (TPSA) is 41.6 Å². The fourth-order valence-corrected chi connectivity index (χ4v) is 3.21. The first kappa shape index (κ1) is 14.4. The molecule has 1 aromatic carbocycles. The average Bonchev–Trinajstić information content (AvgIpc) is 2.57. The minimum Gasteiger partial charge on any atom is -0.490 e. The van der Waals surface area contributed by atoms with Crippen molar-refractivity contribution in [2.45, 2.75) is 31.8 Å². The maximum atomic E-state index is 12.5. The Morgan fingerprint density at radius 1 is 1.14 bits per heavy atom. The summed E-state index contributed by atoms with van der Waals surface area (Å²) in [5.74, 6) is 1.45. The highest BCUT2D eigenvalue weighted by Gasteiger charge is 2.29. The molecule has 0 aromatic heterocycles. The average molecular weight is 288 g/mol. The summed E-state index contributed by atoms with van der Waals surface area (Å²) in [5, 5.41) is 3.32. The predicted octanol–water partition coefficient (Wildman–Crippen LogP) is 2.06. The summed E-state index contributed by atoms with van der Waals surface area (Å²) >= 11 is 0. The second-order valence-electron chi connectivity index (χ2n) is 6.00. The Balaban J connectivity index is 1.47. The van der Waals surface area contributed by atoms with Crippen molar-refractivity contribution in [1.82, 2.24) is 10.2 Å². The lowest BCUT2D eigenvalue weighted by atomic mass is 9.96. The Morgan fingerprint density at radius 3 is 2.57 bits per heavy atom. The summed E-state index contributed by atoms with van der Waals surface area (Å²) in [6.07, 6.45) is 4.25. The number of hydrogen-bond donors (Lipinski definition) is 1. The molecular formula is C17H24N2O2. The van der Waals surface area contributed by atoms with Crippen LogP contribution in [0.3, 0.4) is 0 Å². The number of nitrogens with zero attached hydrogens (tertiary/aromatic N) is 1. The zero-order valence-corrected chi connectivity index (χ0v) is 12.5. The van der Waals surface area contributed by atoms with Crippen LogP contribution in [0.25, 0.3) is 0 Å². The van der Waals surface area contributed by atoms with Crippen LogP contribution in [0.15, 0.2) is 30.3 Å². The zero-order chi connectivity index (χ0) is 14.5. The molecule has 1 aromatic rings. The molecule has 0 spiro atoms. The minimum atomic E-state index is 0.186. The van der Waals surface area contributed by atoms with Crippen LogP contribution in [0, 0.1) is 5.92 Å². The van der Waals surface area contributed by atoms with Crippen molar-refractivity contribution in [3.05, 3.63) is 30.3 Å². The summed E-state index contributed by atoms with van der Waals surface area (Å²) < 4.78 is 5.98. The van der Waals surface area contributed by atoms with Crippen molar-refractivity contribution in [3.8, 4) is 5.75 Å². The lowest BCUT2D eigenvalue weighted by Crippen LogP contribution is -2.47. The molecule has 1 atom stereocenters. The molecule has 114 valence electrons. The normalized spacial score (nSPS) is 23.8. The molecule has 0 bridgehead atoms. The Kier molecular flexibility index (Phi) is 4.76. The maximum absolute atomic E-state index is 12.5. The third kappa shape index (κ3) is 3.76. The number of carbonyl (C=O) groups excluding carboxylic acids is 1. The molecule has 1 unspecified atom stereocenters. The quantitative estimate of drug-likeness (QED) is 0.925. The third-order valence-electron chi connectivity index (χ3n) is 4.45. The van der Waals surface area contributed by atoms with E-state index in [0.717, 1.165) is 57.6 Å². The van der Waals surface area contributed by atoms with E-state index in [-0.39, 0.29) is 12.0 Å². The molecule has 0 aliphatic carbocycles. The monoisotopic (exact) mass is 288 g/mol. The fourth-order valence-electron chi connectivity index (χ4n) is 3.21. The fraction of sp³-hybridized carbons (Fsp3) is 0.588. The van der Waals surface area contributed by atoms with Crippen LogP contribution in [0.2, 0.25) is 0 Å². The van der Waals surface area contributed by atoms with Crippen LogP contribution < -0.4 is 10.1 Å². The van der Waals surface area contributed by atoms with Crippen molar-refractivity contribution >= 4 is 5.91 Å². The van der Waals surface area contributed by atoms with Crippen molar-refractivity contribution in [2.75, 3.05) is 26.2 Å². The van der Waals surface area contributed by atoms with Gasteiger partial charge >= 0.3 is 0 Å². The van der Waals surface area contributed by atoms with E-state index in [4.69, 9.17) is 4.74 Å². The molecule has 2 heterocycles. The smallest absolute Gasteiger partial charge is 0.226 e. The number of likely N-dealkylation sites (tertiary alicyclic amines) is 1. The number of para-hydroxylation sites is 1.